The molecule has 0 atom stereocenters. The monoisotopic (exact) mass is 204 g/mol. The lowest BCUT2D eigenvalue weighted by Gasteiger charge is -2.00. The Hall–Kier alpha value is -1.44. The van der Waals surface area contributed by atoms with Crippen LogP contribution in [0.25, 0.3) is 11.0 Å². The van der Waals surface area contributed by atoms with E-state index in [0.717, 1.165) is 28.9 Å². The second-order valence-corrected chi connectivity index (χ2v) is 4.19. The number of para-hydroxylation sites is 1. The van der Waals surface area contributed by atoms with Crippen molar-refractivity contribution in [3.8, 4) is 5.75 Å². The molecular weight excluding hydrogens is 188 g/mol. The molecule has 0 bridgehead atoms. The number of ether oxygens (including phenoxy) is 1. The standard InChI is InChI=1S/C13H16O2/c1-9(2)7-11-8-10-5-4-6-12(14-3)13(10)15-11/h4-6,8-9H,7H2,1-3H3. The van der Waals surface area contributed by atoms with Gasteiger partial charge in [0.25, 0.3) is 0 Å². The van der Waals surface area contributed by atoms with Gasteiger partial charge in [-0.25, -0.2) is 0 Å². The van der Waals surface area contributed by atoms with E-state index in [1.165, 1.54) is 0 Å². The molecule has 1 aromatic carbocycles. The first-order chi connectivity index (χ1) is 7.20. The van der Waals surface area contributed by atoms with Gasteiger partial charge in [0.2, 0.25) is 0 Å². The van der Waals surface area contributed by atoms with Crippen molar-refractivity contribution in [1.29, 1.82) is 0 Å². The maximum absolute atomic E-state index is 5.78. The van der Waals surface area contributed by atoms with Gasteiger partial charge < -0.3 is 9.15 Å². The predicted octanol–water partition coefficient (Wildman–Crippen LogP) is 3.64. The van der Waals surface area contributed by atoms with Crippen molar-refractivity contribution in [1.82, 2.24) is 0 Å². The van der Waals surface area contributed by atoms with Crippen molar-refractivity contribution < 1.29 is 9.15 Å². The molecule has 80 valence electrons. The third-order valence-electron chi connectivity index (χ3n) is 2.39. The van der Waals surface area contributed by atoms with Crippen LogP contribution >= 0.6 is 0 Å². The summed E-state index contributed by atoms with van der Waals surface area (Å²) < 4.78 is 11.0. The maximum atomic E-state index is 5.78. The molecule has 0 saturated heterocycles. The molecule has 2 rings (SSSR count). The largest absolute Gasteiger partial charge is 0.493 e. The van der Waals surface area contributed by atoms with Gasteiger partial charge in [0.1, 0.15) is 5.76 Å². The minimum atomic E-state index is 0.608. The van der Waals surface area contributed by atoms with E-state index in [4.69, 9.17) is 9.15 Å². The summed E-state index contributed by atoms with van der Waals surface area (Å²) >= 11 is 0. The number of furan rings is 1. The summed E-state index contributed by atoms with van der Waals surface area (Å²) in [6.07, 6.45) is 0.970. The van der Waals surface area contributed by atoms with E-state index < -0.39 is 0 Å². The van der Waals surface area contributed by atoms with Crippen LogP contribution in [-0.2, 0) is 6.42 Å². The SMILES string of the molecule is COc1cccc2cc(CC(C)C)oc12. The van der Waals surface area contributed by atoms with Gasteiger partial charge in [-0.05, 0) is 18.1 Å². The zero-order valence-corrected chi connectivity index (χ0v) is 9.41. The third kappa shape index (κ3) is 1.99. The average Bonchev–Trinajstić information content (AvgIpc) is 2.58. The highest BCUT2D eigenvalue weighted by Crippen LogP contribution is 2.29. The maximum Gasteiger partial charge on any atom is 0.176 e. The molecule has 0 spiro atoms. The van der Waals surface area contributed by atoms with E-state index in [9.17, 15) is 0 Å². The van der Waals surface area contributed by atoms with Crippen LogP contribution in [0.1, 0.15) is 19.6 Å². The van der Waals surface area contributed by atoms with Crippen molar-refractivity contribution in [2.24, 2.45) is 5.92 Å². The lowest BCUT2D eigenvalue weighted by molar-refractivity contribution is 0.405. The number of benzene rings is 1. The zero-order valence-electron chi connectivity index (χ0n) is 9.41. The normalized spacial score (nSPS) is 11.2. The molecule has 2 aromatic rings. The molecule has 0 amide bonds. The van der Waals surface area contributed by atoms with Crippen LogP contribution in [0.5, 0.6) is 5.75 Å². The summed E-state index contributed by atoms with van der Waals surface area (Å²) in [5, 5.41) is 1.12. The number of hydrogen-bond donors (Lipinski definition) is 0. The fraction of sp³-hybridized carbons (Fsp3) is 0.385. The van der Waals surface area contributed by atoms with Gasteiger partial charge in [0.15, 0.2) is 11.3 Å². The Kier molecular flexibility index (Phi) is 2.67. The van der Waals surface area contributed by atoms with Crippen molar-refractivity contribution in [2.75, 3.05) is 7.11 Å². The number of methoxy groups -OCH3 is 1. The van der Waals surface area contributed by atoms with Gasteiger partial charge in [-0.3, -0.25) is 0 Å². The fourth-order valence-electron chi connectivity index (χ4n) is 1.75. The average molecular weight is 204 g/mol. The molecule has 0 aliphatic carbocycles. The Morgan fingerprint density at radius 2 is 2.13 bits per heavy atom. The van der Waals surface area contributed by atoms with Gasteiger partial charge in [-0.2, -0.15) is 0 Å². The van der Waals surface area contributed by atoms with Crippen LogP contribution < -0.4 is 4.74 Å². The highest BCUT2D eigenvalue weighted by molar-refractivity contribution is 5.83. The Balaban J connectivity index is 2.45. The molecule has 0 aliphatic rings. The quantitative estimate of drug-likeness (QED) is 0.761. The van der Waals surface area contributed by atoms with E-state index >= 15 is 0 Å². The fourth-order valence-corrected chi connectivity index (χ4v) is 1.75. The van der Waals surface area contributed by atoms with Crippen molar-refractivity contribution in [3.05, 3.63) is 30.0 Å². The molecule has 0 N–H and O–H groups in total. The van der Waals surface area contributed by atoms with Crippen LogP contribution in [0, 0.1) is 5.92 Å². The topological polar surface area (TPSA) is 22.4 Å². The molecule has 2 nitrogen and oxygen atoms in total. The van der Waals surface area contributed by atoms with Gasteiger partial charge in [0, 0.05) is 11.8 Å². The first-order valence-corrected chi connectivity index (χ1v) is 5.26. The molecule has 0 radical (unpaired) electrons. The minimum Gasteiger partial charge on any atom is -0.493 e. The molecule has 0 fully saturated rings. The van der Waals surface area contributed by atoms with Gasteiger partial charge in [-0.15, -0.1) is 0 Å². The predicted molar refractivity (Wildman–Crippen MR) is 61.3 cm³/mol. The van der Waals surface area contributed by atoms with Crippen molar-refractivity contribution in [2.45, 2.75) is 20.3 Å². The lowest BCUT2D eigenvalue weighted by atomic mass is 10.1. The summed E-state index contributed by atoms with van der Waals surface area (Å²) in [6, 6.07) is 8.05. The summed E-state index contributed by atoms with van der Waals surface area (Å²) in [6.45, 7) is 4.37. The Labute approximate surface area is 89.8 Å². The Morgan fingerprint density at radius 3 is 2.80 bits per heavy atom. The minimum absolute atomic E-state index is 0.608. The number of hydrogen-bond acceptors (Lipinski definition) is 2. The van der Waals surface area contributed by atoms with Crippen LogP contribution in [0.15, 0.2) is 28.7 Å². The van der Waals surface area contributed by atoms with E-state index in [0.29, 0.717) is 5.92 Å². The summed E-state index contributed by atoms with van der Waals surface area (Å²) in [5.41, 5.74) is 0.857. The second-order valence-electron chi connectivity index (χ2n) is 4.19. The number of fused-ring (bicyclic) bond motifs is 1. The van der Waals surface area contributed by atoms with E-state index in [1.807, 2.05) is 18.2 Å². The van der Waals surface area contributed by atoms with Crippen molar-refractivity contribution >= 4 is 11.0 Å². The van der Waals surface area contributed by atoms with Gasteiger partial charge in [0.05, 0.1) is 7.11 Å². The van der Waals surface area contributed by atoms with Gasteiger partial charge in [-0.1, -0.05) is 26.0 Å². The molecule has 1 aromatic heterocycles. The van der Waals surface area contributed by atoms with Gasteiger partial charge >= 0.3 is 0 Å². The molecular formula is C13H16O2. The lowest BCUT2D eigenvalue weighted by Crippen LogP contribution is -1.90. The van der Waals surface area contributed by atoms with E-state index in [-0.39, 0.29) is 0 Å². The zero-order chi connectivity index (χ0) is 10.8. The Morgan fingerprint density at radius 1 is 1.33 bits per heavy atom. The van der Waals surface area contributed by atoms with Crippen LogP contribution in [0.3, 0.4) is 0 Å². The first-order valence-electron chi connectivity index (χ1n) is 5.26. The second kappa shape index (κ2) is 3.97. The summed E-state index contributed by atoms with van der Waals surface area (Å²) in [5.74, 6) is 2.45. The van der Waals surface area contributed by atoms with E-state index in [2.05, 4.69) is 19.9 Å². The molecule has 0 aliphatic heterocycles. The molecule has 2 heteroatoms. The summed E-state index contributed by atoms with van der Waals surface area (Å²) in [4.78, 5) is 0. The van der Waals surface area contributed by atoms with Crippen LogP contribution in [0.4, 0.5) is 0 Å². The number of rotatable bonds is 3. The van der Waals surface area contributed by atoms with E-state index in [1.54, 1.807) is 7.11 Å². The molecule has 0 unspecified atom stereocenters. The molecule has 0 saturated carbocycles. The van der Waals surface area contributed by atoms with Crippen molar-refractivity contribution in [3.63, 3.8) is 0 Å². The third-order valence-corrected chi connectivity index (χ3v) is 2.39. The van der Waals surface area contributed by atoms with Crippen LogP contribution in [-0.4, -0.2) is 7.11 Å². The molecule has 1 heterocycles. The first kappa shape index (κ1) is 10.1. The highest BCUT2D eigenvalue weighted by Gasteiger charge is 2.09. The highest BCUT2D eigenvalue weighted by atomic mass is 16.5. The van der Waals surface area contributed by atoms with Crippen LogP contribution in [0.2, 0.25) is 0 Å². The summed E-state index contributed by atoms with van der Waals surface area (Å²) in [7, 11) is 1.67. The Bertz CT molecular complexity index is 455. The smallest absolute Gasteiger partial charge is 0.176 e. The molecule has 15 heavy (non-hydrogen) atoms.